The second-order valence-electron chi connectivity index (χ2n) is 8.19. The van der Waals surface area contributed by atoms with Crippen LogP contribution in [-0.4, -0.2) is 31.1 Å². The van der Waals surface area contributed by atoms with E-state index < -0.39 is 6.04 Å². The summed E-state index contributed by atoms with van der Waals surface area (Å²) in [4.78, 5) is 15.7. The van der Waals surface area contributed by atoms with Crippen molar-refractivity contribution in [3.05, 3.63) is 0 Å². The zero-order valence-electron chi connectivity index (χ0n) is 16.2. The van der Waals surface area contributed by atoms with Gasteiger partial charge in [-0.1, -0.05) is 41.0 Å². The minimum absolute atomic E-state index is 0.0556. The molecule has 1 atom stereocenters. The topological polar surface area (TPSA) is 117 Å². The number of guanidine groups is 1. The van der Waals surface area contributed by atoms with Crippen LogP contribution in [0.1, 0.15) is 73.1 Å². The fraction of sp³-hybridized carbons (Fsp3) is 0.889. The molecule has 0 heterocycles. The summed E-state index contributed by atoms with van der Waals surface area (Å²) in [6.45, 7) is 12.3. The normalized spacial score (nSPS) is 13.4. The number of aliphatic imine (C=N–C) groups is 1. The maximum absolute atomic E-state index is 11.8. The average molecular weight is 343 g/mol. The van der Waals surface area contributed by atoms with E-state index in [0.717, 1.165) is 19.3 Å². The highest BCUT2D eigenvalue weighted by atomic mass is 16.5. The highest BCUT2D eigenvalue weighted by Crippen LogP contribution is 2.38. The Morgan fingerprint density at radius 3 is 2.29 bits per heavy atom. The van der Waals surface area contributed by atoms with Crippen LogP contribution in [-0.2, 0) is 9.53 Å². The fourth-order valence-electron chi connectivity index (χ4n) is 2.98. The van der Waals surface area contributed by atoms with Crippen LogP contribution in [0.2, 0.25) is 0 Å². The number of hydrogen-bond acceptors (Lipinski definition) is 4. The van der Waals surface area contributed by atoms with Gasteiger partial charge < -0.3 is 21.9 Å². The molecule has 0 aliphatic carbocycles. The van der Waals surface area contributed by atoms with Gasteiger partial charge in [0.2, 0.25) is 0 Å². The summed E-state index contributed by atoms with van der Waals surface area (Å²) >= 11 is 0. The maximum Gasteiger partial charge on any atom is 0.322 e. The van der Waals surface area contributed by atoms with Gasteiger partial charge in [0.15, 0.2) is 5.96 Å². The van der Waals surface area contributed by atoms with E-state index in [1.54, 1.807) is 0 Å². The average Bonchev–Trinajstić information content (AvgIpc) is 2.46. The lowest BCUT2D eigenvalue weighted by Crippen LogP contribution is -2.33. The first-order chi connectivity index (χ1) is 11.0. The molecule has 0 bridgehead atoms. The van der Waals surface area contributed by atoms with Crippen molar-refractivity contribution in [1.29, 1.82) is 0 Å². The molecule has 0 spiro atoms. The van der Waals surface area contributed by atoms with Gasteiger partial charge in [0, 0.05) is 6.54 Å². The quantitative estimate of drug-likeness (QED) is 0.218. The van der Waals surface area contributed by atoms with Crippen LogP contribution < -0.4 is 17.2 Å². The molecule has 0 rings (SSSR count). The van der Waals surface area contributed by atoms with Crippen molar-refractivity contribution >= 4 is 11.9 Å². The van der Waals surface area contributed by atoms with Gasteiger partial charge >= 0.3 is 5.97 Å². The minimum atomic E-state index is -0.605. The van der Waals surface area contributed by atoms with Crippen LogP contribution in [0.5, 0.6) is 0 Å². The standard InChI is InChI=1S/C18H38N4O2/c1-6-17(2,3)13-18(4,5)10-8-12-24-15(23)14(19)9-7-11-22-16(20)21/h14H,6-13,19H2,1-5H3,(H4,20,21,22)/t14-/m1/s1. The third-order valence-corrected chi connectivity index (χ3v) is 4.43. The smallest absolute Gasteiger partial charge is 0.322 e. The zero-order valence-corrected chi connectivity index (χ0v) is 16.2. The predicted octanol–water partition coefficient (Wildman–Crippen LogP) is 2.54. The molecule has 0 radical (unpaired) electrons. The number of carbonyl (C=O) groups excluding carboxylic acids is 1. The first-order valence-corrected chi connectivity index (χ1v) is 8.97. The van der Waals surface area contributed by atoms with E-state index in [0.29, 0.717) is 31.4 Å². The second-order valence-corrected chi connectivity index (χ2v) is 8.19. The van der Waals surface area contributed by atoms with E-state index in [1.807, 2.05) is 0 Å². The first kappa shape index (κ1) is 22.7. The summed E-state index contributed by atoms with van der Waals surface area (Å²) in [6.07, 6.45) is 5.40. The third-order valence-electron chi connectivity index (χ3n) is 4.43. The number of esters is 1. The van der Waals surface area contributed by atoms with Crippen molar-refractivity contribution in [2.24, 2.45) is 33.0 Å². The summed E-state index contributed by atoms with van der Waals surface area (Å²) in [6, 6.07) is -0.605. The fourth-order valence-corrected chi connectivity index (χ4v) is 2.98. The zero-order chi connectivity index (χ0) is 18.8. The SMILES string of the molecule is CCC(C)(C)CC(C)(C)CCCOC(=O)[C@H](N)CCCN=C(N)N. The van der Waals surface area contributed by atoms with Crippen molar-refractivity contribution in [3.8, 4) is 0 Å². The molecule has 6 nitrogen and oxygen atoms in total. The van der Waals surface area contributed by atoms with Gasteiger partial charge in [-0.2, -0.15) is 0 Å². The molecule has 0 saturated carbocycles. The van der Waals surface area contributed by atoms with Gasteiger partial charge in [0.05, 0.1) is 6.61 Å². The molecule has 0 unspecified atom stereocenters. The number of nitrogens with two attached hydrogens (primary N) is 3. The highest BCUT2D eigenvalue weighted by molar-refractivity contribution is 5.76. The van der Waals surface area contributed by atoms with Crippen LogP contribution in [0.3, 0.4) is 0 Å². The summed E-state index contributed by atoms with van der Waals surface area (Å²) in [5.74, 6) is -0.286. The Kier molecular flexibility index (Phi) is 9.97. The van der Waals surface area contributed by atoms with Crippen molar-refractivity contribution in [1.82, 2.24) is 0 Å². The Bertz CT molecular complexity index is 402. The van der Waals surface area contributed by atoms with Crippen LogP contribution in [0.15, 0.2) is 4.99 Å². The molecule has 6 N–H and O–H groups in total. The molecule has 0 fully saturated rings. The van der Waals surface area contributed by atoms with Gasteiger partial charge in [0.25, 0.3) is 0 Å². The number of rotatable bonds is 12. The Hall–Kier alpha value is -1.30. The van der Waals surface area contributed by atoms with Crippen molar-refractivity contribution in [3.63, 3.8) is 0 Å². The van der Waals surface area contributed by atoms with Gasteiger partial charge in [0.1, 0.15) is 6.04 Å². The Morgan fingerprint density at radius 1 is 1.12 bits per heavy atom. The van der Waals surface area contributed by atoms with E-state index in [4.69, 9.17) is 21.9 Å². The molecule has 24 heavy (non-hydrogen) atoms. The van der Waals surface area contributed by atoms with E-state index in [1.165, 1.54) is 6.42 Å². The van der Waals surface area contributed by atoms with E-state index in [2.05, 4.69) is 39.6 Å². The molecule has 0 amide bonds. The lowest BCUT2D eigenvalue weighted by atomic mass is 9.72. The monoisotopic (exact) mass is 342 g/mol. The third kappa shape index (κ3) is 11.3. The predicted molar refractivity (Wildman–Crippen MR) is 101 cm³/mol. The van der Waals surface area contributed by atoms with E-state index in [-0.39, 0.29) is 17.3 Å². The maximum atomic E-state index is 11.8. The molecule has 0 aromatic carbocycles. The van der Waals surface area contributed by atoms with Gasteiger partial charge in [-0.3, -0.25) is 9.79 Å². The lowest BCUT2D eigenvalue weighted by molar-refractivity contribution is -0.145. The number of nitrogens with zero attached hydrogens (tertiary/aromatic N) is 1. The van der Waals surface area contributed by atoms with Crippen molar-refractivity contribution in [2.75, 3.05) is 13.2 Å². The van der Waals surface area contributed by atoms with Crippen molar-refractivity contribution < 1.29 is 9.53 Å². The van der Waals surface area contributed by atoms with Gasteiger partial charge in [-0.15, -0.1) is 0 Å². The Morgan fingerprint density at radius 2 is 1.75 bits per heavy atom. The summed E-state index contributed by atoms with van der Waals surface area (Å²) in [5, 5.41) is 0. The molecule has 0 aromatic heterocycles. The molecule has 0 aliphatic heterocycles. The van der Waals surface area contributed by atoms with E-state index >= 15 is 0 Å². The highest BCUT2D eigenvalue weighted by Gasteiger charge is 2.27. The molecular formula is C18H38N4O2. The van der Waals surface area contributed by atoms with Crippen LogP contribution in [0.25, 0.3) is 0 Å². The largest absolute Gasteiger partial charge is 0.465 e. The Labute approximate surface area is 147 Å². The molecule has 0 saturated heterocycles. The van der Waals surface area contributed by atoms with Crippen molar-refractivity contribution in [2.45, 2.75) is 79.2 Å². The second kappa shape index (κ2) is 10.5. The number of carbonyl (C=O) groups is 1. The minimum Gasteiger partial charge on any atom is -0.465 e. The van der Waals surface area contributed by atoms with Crippen LogP contribution in [0, 0.1) is 10.8 Å². The van der Waals surface area contributed by atoms with Gasteiger partial charge in [-0.05, 0) is 42.9 Å². The number of hydrogen-bond donors (Lipinski definition) is 3. The van der Waals surface area contributed by atoms with E-state index in [9.17, 15) is 4.79 Å². The van der Waals surface area contributed by atoms with Crippen LogP contribution >= 0.6 is 0 Å². The molecule has 6 heteroatoms. The molecule has 142 valence electrons. The molecular weight excluding hydrogens is 304 g/mol. The number of ether oxygens (including phenoxy) is 1. The van der Waals surface area contributed by atoms with Crippen LogP contribution in [0.4, 0.5) is 0 Å². The molecule has 0 aliphatic rings. The lowest BCUT2D eigenvalue weighted by Gasteiger charge is -2.34. The first-order valence-electron chi connectivity index (χ1n) is 8.97. The Balaban J connectivity index is 3.97. The van der Waals surface area contributed by atoms with Gasteiger partial charge in [-0.25, -0.2) is 0 Å². The summed E-state index contributed by atoms with van der Waals surface area (Å²) in [7, 11) is 0. The summed E-state index contributed by atoms with van der Waals surface area (Å²) < 4.78 is 5.28. The molecule has 0 aromatic rings. The summed E-state index contributed by atoms with van der Waals surface area (Å²) in [5.41, 5.74) is 16.9.